The second kappa shape index (κ2) is 8.13. The van der Waals surface area contributed by atoms with Crippen LogP contribution in [0.3, 0.4) is 0 Å². The largest absolute Gasteiger partial charge is 0.337 e. The molecule has 1 fully saturated rings. The first-order valence-corrected chi connectivity index (χ1v) is 8.05. The average Bonchev–Trinajstić information content (AvgIpc) is 2.52. The van der Waals surface area contributed by atoms with Gasteiger partial charge in [0.05, 0.1) is 0 Å². The number of rotatable bonds is 5. The van der Waals surface area contributed by atoms with Crippen LogP contribution in [0.4, 0.5) is 9.18 Å². The number of hydrogen-bond donors (Lipinski definition) is 2. The number of amides is 2. The Morgan fingerprint density at radius 2 is 2.00 bits per heavy atom. The average molecular weight is 307 g/mol. The lowest BCUT2D eigenvalue weighted by molar-refractivity contribution is 0.145. The molecular weight excluding hydrogens is 281 g/mol. The van der Waals surface area contributed by atoms with Crippen molar-refractivity contribution in [2.45, 2.75) is 39.3 Å². The predicted molar refractivity (Wildman–Crippen MR) is 86.1 cm³/mol. The van der Waals surface area contributed by atoms with Crippen LogP contribution >= 0.6 is 0 Å². The van der Waals surface area contributed by atoms with Crippen molar-refractivity contribution in [3.8, 4) is 0 Å². The van der Waals surface area contributed by atoms with E-state index in [1.807, 2.05) is 0 Å². The van der Waals surface area contributed by atoms with Gasteiger partial charge in [-0.1, -0.05) is 25.1 Å². The van der Waals surface area contributed by atoms with E-state index >= 15 is 0 Å². The summed E-state index contributed by atoms with van der Waals surface area (Å²) in [7, 11) is 0. The zero-order chi connectivity index (χ0) is 15.9. The third-order valence-corrected chi connectivity index (χ3v) is 4.40. The van der Waals surface area contributed by atoms with Gasteiger partial charge in [-0.3, -0.25) is 4.90 Å². The second-order valence-corrected chi connectivity index (χ2v) is 6.22. The summed E-state index contributed by atoms with van der Waals surface area (Å²) < 4.78 is 13.5. The topological polar surface area (TPSA) is 44.4 Å². The van der Waals surface area contributed by atoms with Crippen molar-refractivity contribution in [1.29, 1.82) is 0 Å². The zero-order valence-electron chi connectivity index (χ0n) is 13.4. The Hall–Kier alpha value is -1.62. The number of urea groups is 1. The van der Waals surface area contributed by atoms with Crippen LogP contribution in [0.25, 0.3) is 0 Å². The van der Waals surface area contributed by atoms with E-state index in [4.69, 9.17) is 0 Å². The number of carbonyl (C=O) groups excluding carboxylic acids is 1. The summed E-state index contributed by atoms with van der Waals surface area (Å²) in [5.74, 6) is 0.513. The number of benzene rings is 1. The minimum absolute atomic E-state index is 0.202. The molecule has 1 aliphatic rings. The van der Waals surface area contributed by atoms with Gasteiger partial charge in [0.25, 0.3) is 0 Å². The summed E-state index contributed by atoms with van der Waals surface area (Å²) in [5, 5.41) is 5.56. The molecule has 1 aliphatic heterocycles. The highest BCUT2D eigenvalue weighted by molar-refractivity contribution is 5.73. The van der Waals surface area contributed by atoms with E-state index < -0.39 is 0 Å². The molecule has 1 aromatic carbocycles. The Bertz CT molecular complexity index is 487. The van der Waals surface area contributed by atoms with E-state index in [-0.39, 0.29) is 18.4 Å². The monoisotopic (exact) mass is 307 g/mol. The van der Waals surface area contributed by atoms with Crippen molar-refractivity contribution in [3.63, 3.8) is 0 Å². The van der Waals surface area contributed by atoms with Crippen LogP contribution in [0.1, 0.15) is 32.3 Å². The lowest BCUT2D eigenvalue weighted by atomic mass is 9.98. The molecule has 2 N–H and O–H groups in total. The number of likely N-dealkylation sites (tertiary alicyclic amines) is 1. The molecule has 1 aromatic rings. The highest BCUT2D eigenvalue weighted by Crippen LogP contribution is 2.17. The summed E-state index contributed by atoms with van der Waals surface area (Å²) in [6.45, 7) is 7.43. The van der Waals surface area contributed by atoms with Crippen LogP contribution in [0, 0.1) is 11.7 Å². The number of halogens is 1. The van der Waals surface area contributed by atoms with Crippen molar-refractivity contribution >= 4 is 6.03 Å². The van der Waals surface area contributed by atoms with Crippen molar-refractivity contribution in [1.82, 2.24) is 15.5 Å². The summed E-state index contributed by atoms with van der Waals surface area (Å²) in [4.78, 5) is 14.2. The maximum absolute atomic E-state index is 13.5. The molecule has 0 radical (unpaired) electrons. The van der Waals surface area contributed by atoms with Gasteiger partial charge in [0.15, 0.2) is 0 Å². The van der Waals surface area contributed by atoms with E-state index in [1.54, 1.807) is 18.2 Å². The molecule has 0 bridgehead atoms. The van der Waals surface area contributed by atoms with E-state index in [9.17, 15) is 9.18 Å². The van der Waals surface area contributed by atoms with E-state index in [0.717, 1.165) is 19.0 Å². The van der Waals surface area contributed by atoms with Crippen molar-refractivity contribution in [3.05, 3.63) is 35.6 Å². The minimum atomic E-state index is -0.293. The fraction of sp³-hybridized carbons (Fsp3) is 0.588. The maximum Gasteiger partial charge on any atom is 0.315 e. The Kier molecular flexibility index (Phi) is 6.19. The zero-order valence-corrected chi connectivity index (χ0v) is 13.4. The lowest BCUT2D eigenvalue weighted by Crippen LogP contribution is -2.47. The summed E-state index contributed by atoms with van der Waals surface area (Å²) in [6.07, 6.45) is 2.45. The minimum Gasteiger partial charge on any atom is -0.337 e. The molecule has 0 saturated carbocycles. The van der Waals surface area contributed by atoms with Crippen molar-refractivity contribution in [2.75, 3.05) is 19.6 Å². The molecule has 122 valence electrons. The van der Waals surface area contributed by atoms with Crippen LogP contribution in [-0.2, 0) is 6.54 Å². The number of carbonyl (C=O) groups is 1. The quantitative estimate of drug-likeness (QED) is 0.878. The van der Waals surface area contributed by atoms with Gasteiger partial charge in [-0.25, -0.2) is 9.18 Å². The second-order valence-electron chi connectivity index (χ2n) is 6.22. The molecule has 1 atom stereocenters. The van der Waals surface area contributed by atoms with Gasteiger partial charge in [-0.15, -0.1) is 0 Å². The third-order valence-electron chi connectivity index (χ3n) is 4.40. The highest BCUT2D eigenvalue weighted by Gasteiger charge is 2.20. The van der Waals surface area contributed by atoms with Crippen molar-refractivity contribution < 1.29 is 9.18 Å². The molecule has 1 unspecified atom stereocenters. The number of piperidine rings is 1. The number of nitrogens with one attached hydrogen (secondary N) is 2. The molecule has 4 nitrogen and oxygen atoms in total. The molecule has 22 heavy (non-hydrogen) atoms. The Morgan fingerprint density at radius 1 is 1.32 bits per heavy atom. The maximum atomic E-state index is 13.5. The van der Waals surface area contributed by atoms with Crippen LogP contribution in [0.2, 0.25) is 0 Å². The van der Waals surface area contributed by atoms with Crippen LogP contribution in [0.15, 0.2) is 24.3 Å². The normalized spacial score (nSPS) is 18.0. The van der Waals surface area contributed by atoms with Gasteiger partial charge in [0, 0.05) is 24.7 Å². The fourth-order valence-corrected chi connectivity index (χ4v) is 2.72. The fourth-order valence-electron chi connectivity index (χ4n) is 2.72. The highest BCUT2D eigenvalue weighted by atomic mass is 19.1. The van der Waals surface area contributed by atoms with Crippen LogP contribution < -0.4 is 10.6 Å². The van der Waals surface area contributed by atoms with Gasteiger partial charge < -0.3 is 10.6 Å². The smallest absolute Gasteiger partial charge is 0.315 e. The molecule has 5 heteroatoms. The van der Waals surface area contributed by atoms with Gasteiger partial charge in [-0.05, 0) is 44.8 Å². The summed E-state index contributed by atoms with van der Waals surface area (Å²) in [6, 6.07) is 6.55. The summed E-state index contributed by atoms with van der Waals surface area (Å²) in [5.41, 5.74) is 0.496. The molecule has 2 amide bonds. The first-order valence-electron chi connectivity index (χ1n) is 8.05. The molecule has 0 aromatic heterocycles. The number of nitrogens with zero attached hydrogens (tertiary/aromatic N) is 1. The SMILES string of the molecule is CC1CCN(C(C)CNC(=O)NCc2ccccc2F)CC1. The molecule has 0 spiro atoms. The van der Waals surface area contributed by atoms with Gasteiger partial charge >= 0.3 is 6.03 Å². The Labute approximate surface area is 132 Å². The first kappa shape index (κ1) is 16.7. The molecular formula is C17H26FN3O. The van der Waals surface area contributed by atoms with Crippen LogP contribution in [0.5, 0.6) is 0 Å². The first-order chi connectivity index (χ1) is 10.6. The molecule has 0 aliphatic carbocycles. The Balaban J connectivity index is 1.68. The van der Waals surface area contributed by atoms with Crippen LogP contribution in [-0.4, -0.2) is 36.6 Å². The third kappa shape index (κ3) is 4.98. The lowest BCUT2D eigenvalue weighted by Gasteiger charge is -2.34. The van der Waals surface area contributed by atoms with Gasteiger partial charge in [0.1, 0.15) is 5.82 Å². The standard InChI is InChI=1S/C17H26FN3O/c1-13-7-9-21(10-8-13)14(2)11-19-17(22)20-12-15-5-3-4-6-16(15)18/h3-6,13-14H,7-12H2,1-2H3,(H2,19,20,22). The molecule has 1 saturated heterocycles. The van der Waals surface area contributed by atoms with Gasteiger partial charge in [0.2, 0.25) is 0 Å². The molecule has 2 rings (SSSR count). The van der Waals surface area contributed by atoms with Crippen molar-refractivity contribution in [2.24, 2.45) is 5.92 Å². The predicted octanol–water partition coefficient (Wildman–Crippen LogP) is 2.75. The van der Waals surface area contributed by atoms with E-state index in [2.05, 4.69) is 29.4 Å². The Morgan fingerprint density at radius 3 is 2.68 bits per heavy atom. The van der Waals surface area contributed by atoms with E-state index in [0.29, 0.717) is 18.2 Å². The molecule has 1 heterocycles. The van der Waals surface area contributed by atoms with Gasteiger partial charge in [-0.2, -0.15) is 0 Å². The summed E-state index contributed by atoms with van der Waals surface area (Å²) >= 11 is 0. The number of hydrogen-bond acceptors (Lipinski definition) is 2. The van der Waals surface area contributed by atoms with E-state index in [1.165, 1.54) is 18.9 Å².